The Kier molecular flexibility index (Phi) is 6.64. The Bertz CT molecular complexity index is 1030. The zero-order valence-electron chi connectivity index (χ0n) is 15.2. The quantitative estimate of drug-likeness (QED) is 0.359. The normalized spacial score (nSPS) is 10.7. The fourth-order valence-corrected chi connectivity index (χ4v) is 2.31. The summed E-state index contributed by atoms with van der Waals surface area (Å²) in [4.78, 5) is 23.1. The third-order valence-corrected chi connectivity index (χ3v) is 3.62. The van der Waals surface area contributed by atoms with E-state index in [0.717, 1.165) is 6.20 Å². The number of benzene rings is 1. The Hall–Kier alpha value is -3.59. The van der Waals surface area contributed by atoms with Gasteiger partial charge in [0.15, 0.2) is 11.5 Å². The standard InChI is InChI=1S/C19H15ClFN5O3/c1-2-28-16-9-12(10-24-26-17(27)14-5-3-4-8-22-14)6-7-15(16)29-18-13(21)11-23-19(20)25-18/h3-11H,2H2,1H3,(H,26,27)/b24-10-. The van der Waals surface area contributed by atoms with Gasteiger partial charge in [-0.05, 0) is 54.4 Å². The molecular formula is C19H15ClFN5O3. The number of hydrogen-bond donors (Lipinski definition) is 1. The minimum atomic E-state index is -0.764. The second kappa shape index (κ2) is 9.56. The molecule has 10 heteroatoms. The van der Waals surface area contributed by atoms with Gasteiger partial charge in [0.1, 0.15) is 5.69 Å². The molecule has 0 aliphatic carbocycles. The minimum absolute atomic E-state index is 0.147. The van der Waals surface area contributed by atoms with Gasteiger partial charge in [-0.2, -0.15) is 14.5 Å². The number of carbonyl (C=O) groups excluding carboxylic acids is 1. The molecule has 0 saturated carbocycles. The van der Waals surface area contributed by atoms with Gasteiger partial charge >= 0.3 is 0 Å². The van der Waals surface area contributed by atoms with Crippen LogP contribution in [0.4, 0.5) is 4.39 Å². The fraction of sp³-hybridized carbons (Fsp3) is 0.105. The van der Waals surface area contributed by atoms with Crippen molar-refractivity contribution in [1.29, 1.82) is 0 Å². The molecule has 1 aromatic carbocycles. The van der Waals surface area contributed by atoms with Crippen molar-refractivity contribution in [2.45, 2.75) is 6.92 Å². The Balaban J connectivity index is 1.75. The summed E-state index contributed by atoms with van der Waals surface area (Å²) < 4.78 is 24.8. The summed E-state index contributed by atoms with van der Waals surface area (Å²) >= 11 is 5.68. The van der Waals surface area contributed by atoms with Crippen LogP contribution in [0.3, 0.4) is 0 Å². The summed E-state index contributed by atoms with van der Waals surface area (Å²) in [5.41, 5.74) is 3.24. The van der Waals surface area contributed by atoms with Crippen LogP contribution in [0.2, 0.25) is 5.28 Å². The van der Waals surface area contributed by atoms with E-state index in [-0.39, 0.29) is 22.6 Å². The zero-order valence-corrected chi connectivity index (χ0v) is 15.9. The van der Waals surface area contributed by atoms with Crippen LogP contribution in [0, 0.1) is 5.82 Å². The first-order chi connectivity index (χ1) is 14.1. The van der Waals surface area contributed by atoms with Gasteiger partial charge in [-0.15, -0.1) is 0 Å². The molecule has 8 nitrogen and oxygen atoms in total. The first-order valence-electron chi connectivity index (χ1n) is 8.44. The van der Waals surface area contributed by atoms with Crippen LogP contribution in [0.15, 0.2) is 53.9 Å². The van der Waals surface area contributed by atoms with Crippen LogP contribution in [0.25, 0.3) is 0 Å². The highest BCUT2D eigenvalue weighted by molar-refractivity contribution is 6.28. The molecule has 1 N–H and O–H groups in total. The topological polar surface area (TPSA) is 98.6 Å². The number of rotatable bonds is 7. The number of hydrogen-bond acceptors (Lipinski definition) is 7. The average Bonchev–Trinajstić information content (AvgIpc) is 2.73. The highest BCUT2D eigenvalue weighted by Gasteiger charge is 2.13. The van der Waals surface area contributed by atoms with E-state index in [1.807, 2.05) is 0 Å². The van der Waals surface area contributed by atoms with E-state index < -0.39 is 11.7 Å². The lowest BCUT2D eigenvalue weighted by atomic mass is 10.2. The van der Waals surface area contributed by atoms with Crippen molar-refractivity contribution in [1.82, 2.24) is 20.4 Å². The van der Waals surface area contributed by atoms with Crippen LogP contribution in [0.1, 0.15) is 23.0 Å². The molecule has 0 saturated heterocycles. The molecule has 0 radical (unpaired) electrons. The van der Waals surface area contributed by atoms with Crippen molar-refractivity contribution in [2.75, 3.05) is 6.61 Å². The van der Waals surface area contributed by atoms with Crippen molar-refractivity contribution < 1.29 is 18.7 Å². The van der Waals surface area contributed by atoms with Crippen molar-refractivity contribution in [3.8, 4) is 17.4 Å². The maximum Gasteiger partial charge on any atom is 0.289 e. The number of nitrogens with zero attached hydrogens (tertiary/aromatic N) is 4. The largest absolute Gasteiger partial charge is 0.490 e. The van der Waals surface area contributed by atoms with Crippen LogP contribution in [0.5, 0.6) is 17.4 Å². The van der Waals surface area contributed by atoms with Gasteiger partial charge in [-0.3, -0.25) is 9.78 Å². The molecule has 0 atom stereocenters. The lowest BCUT2D eigenvalue weighted by molar-refractivity contribution is 0.0950. The third kappa shape index (κ3) is 5.45. The monoisotopic (exact) mass is 415 g/mol. The SMILES string of the molecule is CCOc1cc(/C=N\NC(=O)c2ccccn2)ccc1Oc1nc(Cl)ncc1F. The molecule has 148 valence electrons. The fourth-order valence-electron chi connectivity index (χ4n) is 2.18. The van der Waals surface area contributed by atoms with Gasteiger partial charge in [0.05, 0.1) is 19.0 Å². The summed E-state index contributed by atoms with van der Waals surface area (Å²) in [6.07, 6.45) is 3.85. The van der Waals surface area contributed by atoms with Gasteiger partial charge in [0.2, 0.25) is 11.1 Å². The van der Waals surface area contributed by atoms with E-state index in [2.05, 4.69) is 25.5 Å². The molecule has 0 bridgehead atoms. The van der Waals surface area contributed by atoms with E-state index in [1.165, 1.54) is 12.4 Å². The average molecular weight is 416 g/mol. The van der Waals surface area contributed by atoms with Crippen molar-refractivity contribution in [3.05, 3.63) is 71.2 Å². The van der Waals surface area contributed by atoms with Crippen LogP contribution >= 0.6 is 11.6 Å². The lowest BCUT2D eigenvalue weighted by Crippen LogP contribution is -2.18. The molecule has 3 rings (SSSR count). The molecule has 2 aromatic heterocycles. The van der Waals surface area contributed by atoms with Gasteiger partial charge in [0, 0.05) is 6.20 Å². The Morgan fingerprint density at radius 2 is 2.14 bits per heavy atom. The van der Waals surface area contributed by atoms with E-state index in [4.69, 9.17) is 21.1 Å². The molecule has 3 aromatic rings. The number of nitrogens with one attached hydrogen (secondary N) is 1. The number of carbonyl (C=O) groups is 1. The first-order valence-corrected chi connectivity index (χ1v) is 8.81. The first kappa shape index (κ1) is 20.2. The molecule has 0 spiro atoms. The Labute approximate surface area is 170 Å². The number of halogens is 2. The molecule has 1 amide bonds. The van der Waals surface area contributed by atoms with Crippen LogP contribution in [-0.2, 0) is 0 Å². The van der Waals surface area contributed by atoms with E-state index in [0.29, 0.717) is 17.9 Å². The van der Waals surface area contributed by atoms with Gasteiger partial charge in [-0.1, -0.05) is 6.07 Å². The van der Waals surface area contributed by atoms with E-state index >= 15 is 0 Å². The summed E-state index contributed by atoms with van der Waals surface area (Å²) in [5, 5.41) is 3.75. The number of pyridine rings is 1. The van der Waals surface area contributed by atoms with Crippen molar-refractivity contribution in [3.63, 3.8) is 0 Å². The second-order valence-electron chi connectivity index (χ2n) is 5.45. The van der Waals surface area contributed by atoms with Gasteiger partial charge in [-0.25, -0.2) is 10.4 Å². The number of amides is 1. The number of aromatic nitrogens is 3. The predicted molar refractivity (Wildman–Crippen MR) is 104 cm³/mol. The van der Waals surface area contributed by atoms with Crippen molar-refractivity contribution in [2.24, 2.45) is 5.10 Å². The summed E-state index contributed by atoms with van der Waals surface area (Å²) in [6, 6.07) is 9.81. The molecule has 2 heterocycles. The highest BCUT2D eigenvalue weighted by atomic mass is 35.5. The Morgan fingerprint density at radius 3 is 2.90 bits per heavy atom. The molecular weight excluding hydrogens is 401 g/mol. The Morgan fingerprint density at radius 1 is 1.28 bits per heavy atom. The smallest absolute Gasteiger partial charge is 0.289 e. The predicted octanol–water partition coefficient (Wildman–Crippen LogP) is 3.62. The summed E-state index contributed by atoms with van der Waals surface area (Å²) in [6.45, 7) is 2.14. The molecule has 0 aliphatic rings. The molecule has 0 unspecified atom stereocenters. The number of hydrazone groups is 1. The zero-order chi connectivity index (χ0) is 20.6. The minimum Gasteiger partial charge on any atom is -0.490 e. The molecule has 29 heavy (non-hydrogen) atoms. The van der Waals surface area contributed by atoms with Gasteiger partial charge in [0.25, 0.3) is 11.8 Å². The van der Waals surface area contributed by atoms with Gasteiger partial charge < -0.3 is 9.47 Å². The lowest BCUT2D eigenvalue weighted by Gasteiger charge is -2.12. The number of ether oxygens (including phenoxy) is 2. The van der Waals surface area contributed by atoms with Crippen molar-refractivity contribution >= 4 is 23.7 Å². The third-order valence-electron chi connectivity index (χ3n) is 3.43. The summed E-state index contributed by atoms with van der Waals surface area (Å²) in [7, 11) is 0. The summed E-state index contributed by atoms with van der Waals surface area (Å²) in [5.74, 6) is -0.963. The maximum atomic E-state index is 13.8. The maximum absolute atomic E-state index is 13.8. The van der Waals surface area contributed by atoms with E-state index in [9.17, 15) is 9.18 Å². The van der Waals surface area contributed by atoms with Crippen LogP contribution in [-0.4, -0.2) is 33.7 Å². The van der Waals surface area contributed by atoms with Crippen LogP contribution < -0.4 is 14.9 Å². The molecule has 0 fully saturated rings. The van der Waals surface area contributed by atoms with E-state index in [1.54, 1.807) is 43.3 Å². The molecule has 0 aliphatic heterocycles. The second-order valence-corrected chi connectivity index (χ2v) is 5.79. The highest BCUT2D eigenvalue weighted by Crippen LogP contribution is 2.32.